The number of likely N-dealkylation sites (tertiary alicyclic amines) is 1. The number of aromatic amines is 1. The van der Waals surface area contributed by atoms with Crippen LogP contribution in [-0.2, 0) is 9.84 Å². The number of H-pyrrole nitrogens is 1. The molecule has 3 heterocycles. The van der Waals surface area contributed by atoms with E-state index in [2.05, 4.69) is 14.9 Å². The van der Waals surface area contributed by atoms with Crippen LogP contribution in [0.4, 0.5) is 10.1 Å². The third kappa shape index (κ3) is 5.75. The van der Waals surface area contributed by atoms with Gasteiger partial charge < -0.3 is 25.1 Å². The normalized spacial score (nSPS) is 17.0. The third-order valence-electron chi connectivity index (χ3n) is 7.81. The Morgan fingerprint density at radius 3 is 2.65 bits per heavy atom. The van der Waals surface area contributed by atoms with Gasteiger partial charge in [0.15, 0.2) is 11.5 Å². The summed E-state index contributed by atoms with van der Waals surface area (Å²) in [7, 11) is -4.51. The lowest BCUT2D eigenvalue weighted by atomic mass is 9.94. The molecule has 0 bridgehead atoms. The van der Waals surface area contributed by atoms with Crippen molar-refractivity contribution in [3.63, 3.8) is 0 Å². The molecule has 2 aromatic heterocycles. The number of primary amides is 1. The first-order valence-corrected chi connectivity index (χ1v) is 15.2. The zero-order valence-corrected chi connectivity index (χ0v) is 23.7. The van der Waals surface area contributed by atoms with E-state index in [1.807, 2.05) is 0 Å². The summed E-state index contributed by atoms with van der Waals surface area (Å²) in [5.74, 6) is -1.42. The van der Waals surface area contributed by atoms with Crippen LogP contribution in [0.25, 0.3) is 11.0 Å². The van der Waals surface area contributed by atoms with E-state index in [-0.39, 0.29) is 35.7 Å². The average molecular weight is 610 g/mol. The fourth-order valence-corrected chi connectivity index (χ4v) is 6.68. The molecule has 1 aliphatic carbocycles. The molecule has 14 heteroatoms. The minimum Gasteiger partial charge on any atom is -0.483 e. The molecule has 12 nitrogen and oxygen atoms in total. The molecular formula is C29H28FN5O7S. The van der Waals surface area contributed by atoms with E-state index in [0.717, 1.165) is 31.0 Å². The van der Waals surface area contributed by atoms with Crippen molar-refractivity contribution in [3.05, 3.63) is 76.6 Å². The summed E-state index contributed by atoms with van der Waals surface area (Å²) in [6, 6.07) is 10.8. The van der Waals surface area contributed by atoms with Gasteiger partial charge in [-0.3, -0.25) is 14.9 Å². The fourth-order valence-electron chi connectivity index (χ4n) is 5.26. The Balaban J connectivity index is 1.30. The van der Waals surface area contributed by atoms with Gasteiger partial charge in [0.2, 0.25) is 9.84 Å². The van der Waals surface area contributed by atoms with Crippen molar-refractivity contribution >= 4 is 32.5 Å². The summed E-state index contributed by atoms with van der Waals surface area (Å²) in [5, 5.41) is 12.6. The molecule has 224 valence electrons. The predicted octanol–water partition coefficient (Wildman–Crippen LogP) is 4.54. The number of sulfone groups is 1. The van der Waals surface area contributed by atoms with Gasteiger partial charge in [0.25, 0.3) is 5.91 Å². The first-order chi connectivity index (χ1) is 20.5. The molecule has 1 saturated heterocycles. The second-order valence-electron chi connectivity index (χ2n) is 10.8. The number of benzene rings is 2. The van der Waals surface area contributed by atoms with Crippen molar-refractivity contribution in [2.24, 2.45) is 5.73 Å². The van der Waals surface area contributed by atoms with Crippen LogP contribution in [-0.4, -0.2) is 65.5 Å². The smallest absolute Gasteiger partial charge is 0.312 e. The molecule has 4 aromatic rings. The lowest BCUT2D eigenvalue weighted by molar-refractivity contribution is -0.386. The SMILES string of the molecule is NC(=O)c1cccc(S(=O)(=O)c2ccc(OCC3(F)CCN(C4CC4)CC3)c([N+](=O)[O-])c2)c1Oc1cnc2[nH]ccc2c1. The molecule has 0 atom stereocenters. The van der Waals surface area contributed by atoms with E-state index in [1.165, 1.54) is 24.4 Å². The first kappa shape index (κ1) is 28.6. The van der Waals surface area contributed by atoms with E-state index < -0.39 is 48.4 Å². The number of alkyl halides is 1. The number of aromatic nitrogens is 2. The topological polar surface area (TPSA) is 171 Å². The molecule has 0 unspecified atom stereocenters. The number of fused-ring (bicyclic) bond motifs is 1. The van der Waals surface area contributed by atoms with Gasteiger partial charge in [-0.05, 0) is 62.1 Å². The van der Waals surface area contributed by atoms with Gasteiger partial charge in [-0.15, -0.1) is 0 Å². The summed E-state index contributed by atoms with van der Waals surface area (Å²) < 4.78 is 54.6. The molecule has 2 aliphatic rings. The van der Waals surface area contributed by atoms with Gasteiger partial charge in [0.05, 0.1) is 21.6 Å². The van der Waals surface area contributed by atoms with Crippen molar-refractivity contribution < 1.29 is 32.0 Å². The molecule has 1 aliphatic heterocycles. The van der Waals surface area contributed by atoms with Gasteiger partial charge in [0.1, 0.15) is 28.6 Å². The summed E-state index contributed by atoms with van der Waals surface area (Å²) in [5.41, 5.74) is 3.60. The maximum Gasteiger partial charge on any atom is 0.312 e. The largest absolute Gasteiger partial charge is 0.483 e. The highest BCUT2D eigenvalue weighted by atomic mass is 32.2. The van der Waals surface area contributed by atoms with Gasteiger partial charge in [0, 0.05) is 36.8 Å². The molecule has 0 radical (unpaired) electrons. The van der Waals surface area contributed by atoms with Crippen LogP contribution in [0, 0.1) is 10.1 Å². The molecule has 2 aromatic carbocycles. The van der Waals surface area contributed by atoms with E-state index >= 15 is 4.39 Å². The number of nitro groups is 1. The Bertz CT molecular complexity index is 1830. The van der Waals surface area contributed by atoms with Gasteiger partial charge in [-0.1, -0.05) is 6.07 Å². The minimum absolute atomic E-state index is 0.134. The number of rotatable bonds is 10. The number of nitrogens with one attached hydrogen (secondary N) is 1. The van der Waals surface area contributed by atoms with Crippen molar-refractivity contribution in [3.8, 4) is 17.2 Å². The second-order valence-corrected chi connectivity index (χ2v) is 12.7. The number of nitro benzene ring substituents is 1. The minimum atomic E-state index is -4.51. The standard InChI is InChI=1S/C29H28FN5O7S/c30-29(9-12-34(13-10-29)19-4-5-19)17-41-24-7-6-21(15-23(24)35(37)38)43(39,40)25-3-1-2-22(27(31)36)26(25)42-20-14-18-8-11-32-28(18)33-16-20/h1-3,6-8,11,14-16,19H,4-5,9-10,12-13,17H2,(H2,31,36)(H,32,33). The lowest BCUT2D eigenvalue weighted by Gasteiger charge is -2.36. The monoisotopic (exact) mass is 609 g/mol. The highest BCUT2D eigenvalue weighted by Gasteiger charge is 2.40. The van der Waals surface area contributed by atoms with Crippen LogP contribution in [0.2, 0.25) is 0 Å². The van der Waals surface area contributed by atoms with E-state index in [0.29, 0.717) is 30.2 Å². The Morgan fingerprint density at radius 2 is 1.95 bits per heavy atom. The lowest BCUT2D eigenvalue weighted by Crippen LogP contribution is -2.45. The number of para-hydroxylation sites is 1. The Labute approximate surface area is 245 Å². The number of carbonyl (C=O) groups is 1. The Morgan fingerprint density at radius 1 is 1.19 bits per heavy atom. The Kier molecular flexibility index (Phi) is 7.26. The first-order valence-electron chi connectivity index (χ1n) is 13.7. The van der Waals surface area contributed by atoms with E-state index in [9.17, 15) is 23.3 Å². The third-order valence-corrected chi connectivity index (χ3v) is 9.59. The van der Waals surface area contributed by atoms with E-state index in [4.69, 9.17) is 15.2 Å². The highest BCUT2D eigenvalue weighted by Crippen LogP contribution is 2.40. The number of pyridine rings is 1. The van der Waals surface area contributed by atoms with Crippen LogP contribution in [0.15, 0.2) is 70.7 Å². The molecule has 2 fully saturated rings. The van der Waals surface area contributed by atoms with Crippen molar-refractivity contribution in [2.75, 3.05) is 19.7 Å². The quantitative estimate of drug-likeness (QED) is 0.193. The van der Waals surface area contributed by atoms with Gasteiger partial charge in [-0.25, -0.2) is 17.8 Å². The summed E-state index contributed by atoms with van der Waals surface area (Å²) in [6.45, 7) is 0.790. The Hall–Kier alpha value is -4.56. The average Bonchev–Trinajstić information content (AvgIpc) is 3.73. The van der Waals surface area contributed by atoms with Crippen LogP contribution in [0.1, 0.15) is 36.0 Å². The molecule has 43 heavy (non-hydrogen) atoms. The van der Waals surface area contributed by atoms with Crippen LogP contribution >= 0.6 is 0 Å². The molecule has 6 rings (SSSR count). The maximum atomic E-state index is 15.5. The summed E-state index contributed by atoms with van der Waals surface area (Å²) in [4.78, 5) is 31.9. The van der Waals surface area contributed by atoms with Crippen LogP contribution in [0.3, 0.4) is 0 Å². The summed E-state index contributed by atoms with van der Waals surface area (Å²) >= 11 is 0. The number of piperidine rings is 1. The molecule has 3 N–H and O–H groups in total. The number of hydrogen-bond donors (Lipinski definition) is 2. The number of ether oxygens (including phenoxy) is 2. The number of amides is 1. The number of nitrogens with zero attached hydrogens (tertiary/aromatic N) is 3. The highest BCUT2D eigenvalue weighted by molar-refractivity contribution is 7.91. The van der Waals surface area contributed by atoms with Crippen LogP contribution < -0.4 is 15.2 Å². The number of halogens is 1. The summed E-state index contributed by atoms with van der Waals surface area (Å²) in [6.07, 6.45) is 5.75. The van der Waals surface area contributed by atoms with Gasteiger partial charge >= 0.3 is 5.69 Å². The van der Waals surface area contributed by atoms with Crippen molar-refractivity contribution in [2.45, 2.75) is 47.2 Å². The second kappa shape index (κ2) is 10.9. The molecule has 1 amide bonds. The zero-order chi connectivity index (χ0) is 30.4. The zero-order valence-electron chi connectivity index (χ0n) is 22.9. The van der Waals surface area contributed by atoms with E-state index in [1.54, 1.807) is 18.3 Å². The predicted molar refractivity (Wildman–Crippen MR) is 153 cm³/mol. The fraction of sp³-hybridized carbons (Fsp3) is 0.310. The number of nitrogens with two attached hydrogens (primary N) is 1. The maximum absolute atomic E-state index is 15.5. The van der Waals surface area contributed by atoms with Crippen molar-refractivity contribution in [1.82, 2.24) is 14.9 Å². The van der Waals surface area contributed by atoms with Crippen LogP contribution in [0.5, 0.6) is 17.2 Å². The molecular weight excluding hydrogens is 581 g/mol. The molecule has 0 spiro atoms. The van der Waals surface area contributed by atoms with Crippen molar-refractivity contribution in [1.29, 1.82) is 0 Å². The number of carbonyl (C=O) groups excluding carboxylic acids is 1. The number of hydrogen-bond acceptors (Lipinski definition) is 9. The molecule has 1 saturated carbocycles. The van der Waals surface area contributed by atoms with Gasteiger partial charge in [-0.2, -0.15) is 0 Å².